The van der Waals surface area contributed by atoms with E-state index in [1.165, 1.54) is 17.5 Å². The second-order valence-electron chi connectivity index (χ2n) is 6.18. The molecule has 2 N–H and O–H groups in total. The van der Waals surface area contributed by atoms with E-state index < -0.39 is 0 Å². The van der Waals surface area contributed by atoms with Crippen molar-refractivity contribution in [2.45, 2.75) is 25.7 Å². The van der Waals surface area contributed by atoms with E-state index in [4.69, 9.17) is 0 Å². The molecule has 0 aliphatic carbocycles. The van der Waals surface area contributed by atoms with Gasteiger partial charge in [-0.05, 0) is 36.8 Å². The molecule has 0 bridgehead atoms. The van der Waals surface area contributed by atoms with E-state index in [2.05, 4.69) is 55.3 Å². The molecule has 3 aromatic rings. The average molecular weight is 372 g/mol. The number of hydrogen-bond donors (Lipinski definition) is 2. The summed E-state index contributed by atoms with van der Waals surface area (Å²) in [7, 11) is 0. The van der Waals surface area contributed by atoms with E-state index in [-0.39, 0.29) is 0 Å². The molecular formula is C22H24N6. The van der Waals surface area contributed by atoms with Crippen LogP contribution in [0.2, 0.25) is 0 Å². The number of aromatic nitrogens is 2. The number of nitrogens with one attached hydrogen (secondary N) is 2. The van der Waals surface area contributed by atoms with Crippen molar-refractivity contribution in [2.75, 3.05) is 10.9 Å². The van der Waals surface area contributed by atoms with Crippen molar-refractivity contribution < 1.29 is 0 Å². The van der Waals surface area contributed by atoms with E-state index in [9.17, 15) is 0 Å². The topological polar surface area (TPSA) is 74.6 Å². The highest BCUT2D eigenvalue weighted by atomic mass is 15.3. The molecule has 0 atom stereocenters. The lowest BCUT2D eigenvalue weighted by Crippen LogP contribution is -1.98. The molecule has 28 heavy (non-hydrogen) atoms. The van der Waals surface area contributed by atoms with Crippen LogP contribution in [0.5, 0.6) is 0 Å². The molecule has 1 heterocycles. The van der Waals surface area contributed by atoms with Crippen LogP contribution in [0, 0.1) is 0 Å². The summed E-state index contributed by atoms with van der Waals surface area (Å²) in [4.78, 5) is 8.30. The smallest absolute Gasteiger partial charge is 0.151 e. The van der Waals surface area contributed by atoms with Gasteiger partial charge in [0.15, 0.2) is 11.6 Å². The van der Waals surface area contributed by atoms with Gasteiger partial charge in [0.2, 0.25) is 0 Å². The van der Waals surface area contributed by atoms with Crippen LogP contribution in [0.4, 0.5) is 11.6 Å². The van der Waals surface area contributed by atoms with Gasteiger partial charge in [-0.2, -0.15) is 10.2 Å². The van der Waals surface area contributed by atoms with Crippen LogP contribution in [0.25, 0.3) is 0 Å². The lowest BCUT2D eigenvalue weighted by Gasteiger charge is -2.02. The zero-order valence-electron chi connectivity index (χ0n) is 15.7. The number of aryl methyl sites for hydroxylation is 2. The van der Waals surface area contributed by atoms with E-state index in [0.29, 0.717) is 11.6 Å². The fourth-order valence-corrected chi connectivity index (χ4v) is 2.58. The molecule has 1 aromatic heterocycles. The summed E-state index contributed by atoms with van der Waals surface area (Å²) in [6.45, 7) is 0. The Hall–Kier alpha value is -3.54. The van der Waals surface area contributed by atoms with Gasteiger partial charge in [0, 0.05) is 18.5 Å². The second kappa shape index (κ2) is 11.2. The van der Waals surface area contributed by atoms with Crippen LogP contribution in [-0.4, -0.2) is 22.4 Å². The van der Waals surface area contributed by atoms with Crippen molar-refractivity contribution in [2.24, 2.45) is 10.2 Å². The molecule has 0 aliphatic heterocycles. The molecule has 142 valence electrons. The largest absolute Gasteiger partial charge is 0.262 e. The van der Waals surface area contributed by atoms with Crippen LogP contribution in [0.3, 0.4) is 0 Å². The summed E-state index contributed by atoms with van der Waals surface area (Å²) in [6, 6.07) is 22.5. The SMILES string of the molecule is C(/CCc1ccccc1)=N\Nc1cc(N/N=C/CCc2ccccc2)ncn1. The lowest BCUT2D eigenvalue weighted by molar-refractivity contribution is 1.04. The number of anilines is 2. The summed E-state index contributed by atoms with van der Waals surface area (Å²) >= 11 is 0. The van der Waals surface area contributed by atoms with E-state index in [1.54, 1.807) is 6.07 Å². The molecule has 0 spiro atoms. The average Bonchev–Trinajstić information content (AvgIpc) is 2.75. The molecule has 6 heteroatoms. The first-order chi connectivity index (χ1) is 13.9. The van der Waals surface area contributed by atoms with Crippen molar-refractivity contribution in [3.63, 3.8) is 0 Å². The number of rotatable bonds is 10. The quantitative estimate of drug-likeness (QED) is 0.405. The third-order valence-electron chi connectivity index (χ3n) is 4.02. The van der Waals surface area contributed by atoms with Gasteiger partial charge in [-0.25, -0.2) is 9.97 Å². The van der Waals surface area contributed by atoms with Gasteiger partial charge >= 0.3 is 0 Å². The molecule has 0 saturated carbocycles. The van der Waals surface area contributed by atoms with Crippen molar-refractivity contribution in [1.29, 1.82) is 0 Å². The normalized spacial score (nSPS) is 11.1. The summed E-state index contributed by atoms with van der Waals surface area (Å²) in [5.41, 5.74) is 8.44. The fraction of sp³-hybridized carbons (Fsp3) is 0.182. The van der Waals surface area contributed by atoms with Gasteiger partial charge in [0.25, 0.3) is 0 Å². The van der Waals surface area contributed by atoms with E-state index >= 15 is 0 Å². The van der Waals surface area contributed by atoms with E-state index in [0.717, 1.165) is 25.7 Å². The second-order valence-corrected chi connectivity index (χ2v) is 6.18. The first-order valence-corrected chi connectivity index (χ1v) is 9.35. The molecule has 0 amide bonds. The Labute approximate surface area is 165 Å². The van der Waals surface area contributed by atoms with Gasteiger partial charge in [0.1, 0.15) is 6.33 Å². The minimum absolute atomic E-state index is 0.618. The van der Waals surface area contributed by atoms with E-state index in [1.807, 2.05) is 48.8 Å². The van der Waals surface area contributed by atoms with Gasteiger partial charge in [-0.15, -0.1) is 0 Å². The minimum atomic E-state index is 0.618. The highest BCUT2D eigenvalue weighted by molar-refractivity contribution is 5.61. The molecule has 0 aliphatic rings. The molecule has 6 nitrogen and oxygen atoms in total. The summed E-state index contributed by atoms with van der Waals surface area (Å²) < 4.78 is 0. The standard InChI is InChI=1S/C22H24N6/c1-3-9-19(10-4-1)13-7-15-25-27-21-17-22(24-18-23-21)28-26-16-8-14-20-11-5-2-6-12-20/h1-6,9-12,15-18H,7-8,13-14H2,(H2,23,24,27,28)/b25-15+,26-16+. The lowest BCUT2D eigenvalue weighted by atomic mass is 10.1. The summed E-state index contributed by atoms with van der Waals surface area (Å²) in [5, 5.41) is 8.42. The summed E-state index contributed by atoms with van der Waals surface area (Å²) in [6.07, 6.45) is 8.82. The molecular weight excluding hydrogens is 348 g/mol. The predicted molar refractivity (Wildman–Crippen MR) is 116 cm³/mol. The number of hydrogen-bond acceptors (Lipinski definition) is 6. The Balaban J connectivity index is 1.38. The maximum Gasteiger partial charge on any atom is 0.151 e. The van der Waals surface area contributed by atoms with Crippen LogP contribution in [-0.2, 0) is 12.8 Å². The van der Waals surface area contributed by atoms with Gasteiger partial charge in [0.05, 0.1) is 0 Å². The Morgan fingerprint density at radius 2 is 1.14 bits per heavy atom. The maximum atomic E-state index is 4.21. The number of hydrazone groups is 2. The first kappa shape index (κ1) is 19.2. The van der Waals surface area contributed by atoms with Crippen molar-refractivity contribution in [3.05, 3.63) is 84.2 Å². The Kier molecular flexibility index (Phi) is 7.71. The van der Waals surface area contributed by atoms with Gasteiger partial charge in [-0.1, -0.05) is 60.7 Å². The number of benzene rings is 2. The van der Waals surface area contributed by atoms with Crippen LogP contribution >= 0.6 is 0 Å². The third-order valence-corrected chi connectivity index (χ3v) is 4.02. The zero-order valence-corrected chi connectivity index (χ0v) is 15.7. The van der Waals surface area contributed by atoms with Crippen molar-refractivity contribution >= 4 is 24.1 Å². The third kappa shape index (κ3) is 6.99. The number of nitrogens with zero attached hydrogens (tertiary/aromatic N) is 4. The zero-order chi connectivity index (χ0) is 19.3. The van der Waals surface area contributed by atoms with Crippen LogP contribution < -0.4 is 10.9 Å². The van der Waals surface area contributed by atoms with Crippen LogP contribution in [0.15, 0.2) is 83.3 Å². The Morgan fingerprint density at radius 3 is 1.61 bits per heavy atom. The van der Waals surface area contributed by atoms with Gasteiger partial charge < -0.3 is 0 Å². The molecule has 0 unspecified atom stereocenters. The highest BCUT2D eigenvalue weighted by Gasteiger charge is 1.96. The first-order valence-electron chi connectivity index (χ1n) is 9.35. The van der Waals surface area contributed by atoms with Gasteiger partial charge in [-0.3, -0.25) is 10.9 Å². The maximum absolute atomic E-state index is 4.21. The minimum Gasteiger partial charge on any atom is -0.262 e. The Bertz CT molecular complexity index is 807. The molecule has 3 rings (SSSR count). The molecule has 0 saturated heterocycles. The monoisotopic (exact) mass is 372 g/mol. The molecule has 0 radical (unpaired) electrons. The molecule has 2 aromatic carbocycles. The fourth-order valence-electron chi connectivity index (χ4n) is 2.58. The predicted octanol–water partition coefficient (Wildman–Crippen LogP) is 4.54. The van der Waals surface area contributed by atoms with Crippen LogP contribution in [0.1, 0.15) is 24.0 Å². The molecule has 0 fully saturated rings. The van der Waals surface area contributed by atoms with Crippen molar-refractivity contribution in [3.8, 4) is 0 Å². The summed E-state index contributed by atoms with van der Waals surface area (Å²) in [5.74, 6) is 1.24. The highest BCUT2D eigenvalue weighted by Crippen LogP contribution is 2.08. The Morgan fingerprint density at radius 1 is 0.679 bits per heavy atom. The van der Waals surface area contributed by atoms with Crippen molar-refractivity contribution in [1.82, 2.24) is 9.97 Å².